The van der Waals surface area contributed by atoms with Crippen molar-refractivity contribution in [2.45, 2.75) is 26.7 Å². The van der Waals surface area contributed by atoms with Crippen LogP contribution >= 0.6 is 23.2 Å². The highest BCUT2D eigenvalue weighted by atomic mass is 35.5. The highest BCUT2D eigenvalue weighted by Gasteiger charge is 2.30. The molecule has 0 spiro atoms. The molecule has 1 aliphatic heterocycles. The Labute approximate surface area is 100 Å². The van der Waals surface area contributed by atoms with Gasteiger partial charge in [-0.05, 0) is 23.1 Å². The molecule has 2 rings (SSSR count). The number of aliphatic imine (C=N–C) groups is 1. The van der Waals surface area contributed by atoms with Gasteiger partial charge in [-0.25, -0.2) is 0 Å². The summed E-state index contributed by atoms with van der Waals surface area (Å²) in [5.41, 5.74) is 2.28. The Kier molecular flexibility index (Phi) is 2.56. The maximum atomic E-state index is 6.02. The van der Waals surface area contributed by atoms with Crippen molar-refractivity contribution in [1.29, 1.82) is 0 Å². The van der Waals surface area contributed by atoms with E-state index in [2.05, 4.69) is 25.8 Å². The van der Waals surface area contributed by atoms with E-state index in [1.54, 1.807) is 0 Å². The summed E-state index contributed by atoms with van der Waals surface area (Å²) in [6.07, 6.45) is 1.98. The van der Waals surface area contributed by atoms with Gasteiger partial charge in [-0.2, -0.15) is 0 Å². The minimum atomic E-state index is 0.159. The summed E-state index contributed by atoms with van der Waals surface area (Å²) in [7, 11) is 0. The molecule has 0 saturated carbocycles. The Balaban J connectivity index is 2.52. The maximum absolute atomic E-state index is 6.02. The average molecular weight is 242 g/mol. The SMILES string of the molecule is CC(C)(C)C1C=Nc2cc(Cl)c(Cl)cc21. The Morgan fingerprint density at radius 3 is 2.33 bits per heavy atom. The van der Waals surface area contributed by atoms with E-state index >= 15 is 0 Å². The molecule has 0 amide bonds. The third-order valence-electron chi connectivity index (χ3n) is 2.70. The van der Waals surface area contributed by atoms with E-state index in [9.17, 15) is 0 Å². The van der Waals surface area contributed by atoms with Gasteiger partial charge in [0, 0.05) is 12.1 Å². The minimum absolute atomic E-state index is 0.159. The van der Waals surface area contributed by atoms with Gasteiger partial charge in [0.2, 0.25) is 0 Å². The van der Waals surface area contributed by atoms with Crippen molar-refractivity contribution in [3.05, 3.63) is 27.7 Å². The Morgan fingerprint density at radius 2 is 1.73 bits per heavy atom. The van der Waals surface area contributed by atoms with Crippen LogP contribution in [0.1, 0.15) is 32.3 Å². The molecule has 1 aromatic carbocycles. The van der Waals surface area contributed by atoms with Crippen LogP contribution in [0.3, 0.4) is 0 Å². The van der Waals surface area contributed by atoms with Crippen LogP contribution < -0.4 is 0 Å². The second-order valence-corrected chi connectivity index (χ2v) is 5.76. The first-order chi connectivity index (χ1) is 6.89. The van der Waals surface area contributed by atoms with E-state index < -0.39 is 0 Å². The molecule has 0 fully saturated rings. The van der Waals surface area contributed by atoms with E-state index in [0.717, 1.165) is 5.69 Å². The lowest BCUT2D eigenvalue weighted by atomic mass is 9.78. The Bertz CT molecular complexity index is 430. The molecule has 80 valence electrons. The first kappa shape index (κ1) is 11.0. The van der Waals surface area contributed by atoms with E-state index in [1.807, 2.05) is 18.3 Å². The molecule has 1 nitrogen and oxygen atoms in total. The van der Waals surface area contributed by atoms with Crippen LogP contribution in [0.5, 0.6) is 0 Å². The van der Waals surface area contributed by atoms with Gasteiger partial charge in [0.05, 0.1) is 15.7 Å². The number of hydrogen-bond acceptors (Lipinski definition) is 1. The molecular formula is C12H13Cl2N. The number of nitrogens with zero attached hydrogens (tertiary/aromatic N) is 1. The van der Waals surface area contributed by atoms with Crippen LogP contribution in [0.4, 0.5) is 5.69 Å². The largest absolute Gasteiger partial charge is 0.260 e. The quantitative estimate of drug-likeness (QED) is 0.617. The molecule has 1 aromatic rings. The van der Waals surface area contributed by atoms with Gasteiger partial charge in [0.1, 0.15) is 0 Å². The normalized spacial score (nSPS) is 19.4. The topological polar surface area (TPSA) is 12.4 Å². The van der Waals surface area contributed by atoms with Gasteiger partial charge in [-0.1, -0.05) is 44.0 Å². The Hall–Kier alpha value is -0.530. The van der Waals surface area contributed by atoms with Crippen molar-refractivity contribution >= 4 is 35.1 Å². The first-order valence-corrected chi connectivity index (χ1v) is 5.68. The zero-order valence-corrected chi connectivity index (χ0v) is 10.5. The molecule has 0 aliphatic carbocycles. The minimum Gasteiger partial charge on any atom is -0.260 e. The van der Waals surface area contributed by atoms with Crippen molar-refractivity contribution in [2.24, 2.45) is 10.4 Å². The second kappa shape index (κ2) is 3.50. The first-order valence-electron chi connectivity index (χ1n) is 4.93. The number of halogens is 2. The molecule has 1 heterocycles. The number of rotatable bonds is 0. The number of fused-ring (bicyclic) bond motifs is 1. The summed E-state index contributed by atoms with van der Waals surface area (Å²) in [5.74, 6) is 0.322. The summed E-state index contributed by atoms with van der Waals surface area (Å²) in [6, 6.07) is 3.77. The van der Waals surface area contributed by atoms with Crippen molar-refractivity contribution in [3.8, 4) is 0 Å². The highest BCUT2D eigenvalue weighted by molar-refractivity contribution is 6.42. The third kappa shape index (κ3) is 1.91. The molecule has 1 atom stereocenters. The average Bonchev–Trinajstić information content (AvgIpc) is 2.47. The lowest BCUT2D eigenvalue weighted by Crippen LogP contribution is -2.17. The third-order valence-corrected chi connectivity index (χ3v) is 3.42. The molecule has 1 aliphatic rings. The molecule has 15 heavy (non-hydrogen) atoms. The smallest absolute Gasteiger partial charge is 0.0680 e. The van der Waals surface area contributed by atoms with Crippen molar-refractivity contribution in [1.82, 2.24) is 0 Å². The van der Waals surface area contributed by atoms with Crippen LogP contribution in [-0.4, -0.2) is 6.21 Å². The molecular weight excluding hydrogens is 229 g/mol. The molecule has 3 heteroatoms. The fourth-order valence-electron chi connectivity index (χ4n) is 1.84. The molecule has 0 aromatic heterocycles. The van der Waals surface area contributed by atoms with Gasteiger partial charge in [0.25, 0.3) is 0 Å². The Morgan fingerprint density at radius 1 is 1.13 bits per heavy atom. The van der Waals surface area contributed by atoms with Crippen LogP contribution in [0, 0.1) is 5.41 Å². The molecule has 1 unspecified atom stereocenters. The van der Waals surface area contributed by atoms with Crippen molar-refractivity contribution < 1.29 is 0 Å². The highest BCUT2D eigenvalue weighted by Crippen LogP contribution is 2.45. The van der Waals surface area contributed by atoms with E-state index in [-0.39, 0.29) is 5.41 Å². The number of benzene rings is 1. The van der Waals surface area contributed by atoms with Gasteiger partial charge in [-0.15, -0.1) is 0 Å². The fraction of sp³-hybridized carbons (Fsp3) is 0.417. The number of hydrogen-bond donors (Lipinski definition) is 0. The van der Waals surface area contributed by atoms with Crippen LogP contribution in [0.25, 0.3) is 0 Å². The van der Waals surface area contributed by atoms with Gasteiger partial charge >= 0.3 is 0 Å². The van der Waals surface area contributed by atoms with Gasteiger partial charge < -0.3 is 0 Å². The van der Waals surface area contributed by atoms with Gasteiger partial charge in [-0.3, -0.25) is 4.99 Å². The molecule has 0 N–H and O–H groups in total. The zero-order chi connectivity index (χ0) is 11.2. The second-order valence-electron chi connectivity index (χ2n) is 4.95. The summed E-state index contributed by atoms with van der Waals surface area (Å²) >= 11 is 12.0. The van der Waals surface area contributed by atoms with Gasteiger partial charge in [0.15, 0.2) is 0 Å². The lowest BCUT2D eigenvalue weighted by molar-refractivity contribution is 0.390. The van der Waals surface area contributed by atoms with Crippen LogP contribution in [0.15, 0.2) is 17.1 Å². The predicted octanol–water partition coefficient (Wildman–Crippen LogP) is 4.84. The summed E-state index contributed by atoms with van der Waals surface area (Å²) in [6.45, 7) is 6.59. The standard InChI is InChI=1S/C12H13Cl2N/c1-12(2,3)8-6-15-11-5-10(14)9(13)4-7(8)11/h4-6,8H,1-3H3. The summed E-state index contributed by atoms with van der Waals surface area (Å²) < 4.78 is 0. The van der Waals surface area contributed by atoms with E-state index in [4.69, 9.17) is 23.2 Å². The summed E-state index contributed by atoms with van der Waals surface area (Å²) in [4.78, 5) is 4.38. The molecule has 0 bridgehead atoms. The van der Waals surface area contributed by atoms with E-state index in [1.165, 1.54) is 5.56 Å². The van der Waals surface area contributed by atoms with Crippen LogP contribution in [-0.2, 0) is 0 Å². The van der Waals surface area contributed by atoms with Crippen molar-refractivity contribution in [2.75, 3.05) is 0 Å². The van der Waals surface area contributed by atoms with Crippen molar-refractivity contribution in [3.63, 3.8) is 0 Å². The van der Waals surface area contributed by atoms with E-state index in [0.29, 0.717) is 16.0 Å². The maximum Gasteiger partial charge on any atom is 0.0680 e. The summed E-state index contributed by atoms with van der Waals surface area (Å²) in [5, 5.41) is 1.18. The monoisotopic (exact) mass is 241 g/mol. The predicted molar refractivity (Wildman–Crippen MR) is 66.8 cm³/mol. The fourth-order valence-corrected chi connectivity index (χ4v) is 2.17. The lowest BCUT2D eigenvalue weighted by Gasteiger charge is -2.25. The molecule has 0 radical (unpaired) electrons. The van der Waals surface area contributed by atoms with Crippen LogP contribution in [0.2, 0.25) is 10.0 Å². The molecule has 0 saturated heterocycles. The zero-order valence-electron chi connectivity index (χ0n) is 9.01.